The van der Waals surface area contributed by atoms with E-state index >= 15 is 0 Å². The Morgan fingerprint density at radius 1 is 1.30 bits per heavy atom. The minimum absolute atomic E-state index is 0.0288. The topological polar surface area (TPSA) is 125 Å². The molecule has 0 unspecified atom stereocenters. The summed E-state index contributed by atoms with van der Waals surface area (Å²) in [6, 6.07) is 8.99. The number of nitrogen functional groups attached to an aromatic ring is 1. The summed E-state index contributed by atoms with van der Waals surface area (Å²) >= 11 is 0. The van der Waals surface area contributed by atoms with Crippen molar-refractivity contribution in [2.24, 2.45) is 5.73 Å². The number of nitrogens with zero attached hydrogens (tertiary/aromatic N) is 2. The summed E-state index contributed by atoms with van der Waals surface area (Å²) in [7, 11) is 0. The molecule has 20 heavy (non-hydrogen) atoms. The second-order valence-corrected chi connectivity index (χ2v) is 4.25. The normalized spacial score (nSPS) is 10.0. The predicted octanol–water partition coefficient (Wildman–Crippen LogP) is -0.804. The van der Waals surface area contributed by atoms with Crippen molar-refractivity contribution in [3.63, 3.8) is 0 Å². The van der Waals surface area contributed by atoms with Gasteiger partial charge in [-0.15, -0.1) is 0 Å². The van der Waals surface area contributed by atoms with Gasteiger partial charge < -0.3 is 16.8 Å². The highest BCUT2D eigenvalue weighted by Crippen LogP contribution is 2.13. The molecule has 1 aromatic carbocycles. The van der Waals surface area contributed by atoms with Crippen molar-refractivity contribution < 1.29 is 9.59 Å². The molecule has 0 heterocycles. The van der Waals surface area contributed by atoms with Crippen LogP contribution in [0.4, 0.5) is 5.69 Å². The fourth-order valence-electron chi connectivity index (χ4n) is 1.70. The third-order valence-corrected chi connectivity index (χ3v) is 2.56. The fraction of sp³-hybridized carbons (Fsp3) is 0.308. The Morgan fingerprint density at radius 2 is 2.00 bits per heavy atom. The number of primary amides is 1. The number of hydrogen-bond acceptors (Lipinski definition) is 5. The largest absolute Gasteiger partial charge is 0.398 e. The summed E-state index contributed by atoms with van der Waals surface area (Å²) < 4.78 is 0. The van der Waals surface area contributed by atoms with Gasteiger partial charge in [-0.3, -0.25) is 14.5 Å². The molecule has 0 aliphatic heterocycles. The first-order valence-corrected chi connectivity index (χ1v) is 6.00. The lowest BCUT2D eigenvalue weighted by molar-refractivity contribution is -0.123. The summed E-state index contributed by atoms with van der Waals surface area (Å²) in [5.74, 6) is -0.880. The van der Waals surface area contributed by atoms with Gasteiger partial charge in [-0.1, -0.05) is 18.2 Å². The molecule has 0 bridgehead atoms. The van der Waals surface area contributed by atoms with Gasteiger partial charge in [0.25, 0.3) is 0 Å². The van der Waals surface area contributed by atoms with Crippen molar-refractivity contribution in [3.8, 4) is 6.07 Å². The van der Waals surface area contributed by atoms with E-state index in [0.717, 1.165) is 5.56 Å². The Bertz CT molecular complexity index is 524. The number of carbonyl (C=O) groups excluding carboxylic acids is 2. The molecule has 0 spiro atoms. The number of para-hydroxylation sites is 1. The SMILES string of the molecule is N#CCNC(=O)CN(CC(N)=O)Cc1ccccc1N. The quantitative estimate of drug-likeness (QED) is 0.443. The minimum Gasteiger partial charge on any atom is -0.398 e. The van der Waals surface area contributed by atoms with Gasteiger partial charge in [-0.25, -0.2) is 0 Å². The van der Waals surface area contributed by atoms with Crippen LogP contribution < -0.4 is 16.8 Å². The van der Waals surface area contributed by atoms with Gasteiger partial charge in [0.1, 0.15) is 6.54 Å². The highest BCUT2D eigenvalue weighted by atomic mass is 16.2. The maximum Gasteiger partial charge on any atom is 0.235 e. The summed E-state index contributed by atoms with van der Waals surface area (Å²) in [5.41, 5.74) is 12.4. The number of amides is 2. The zero-order valence-electron chi connectivity index (χ0n) is 11.0. The average Bonchev–Trinajstić information content (AvgIpc) is 2.38. The first kappa shape index (κ1) is 15.5. The van der Waals surface area contributed by atoms with Crippen LogP contribution in [-0.2, 0) is 16.1 Å². The van der Waals surface area contributed by atoms with E-state index < -0.39 is 5.91 Å². The third kappa shape index (κ3) is 5.37. The molecule has 1 rings (SSSR count). The van der Waals surface area contributed by atoms with E-state index in [4.69, 9.17) is 16.7 Å². The second kappa shape index (κ2) is 7.76. The van der Waals surface area contributed by atoms with Crippen LogP contribution in [0.3, 0.4) is 0 Å². The molecular formula is C13H17N5O2. The first-order valence-electron chi connectivity index (χ1n) is 6.00. The maximum absolute atomic E-state index is 11.6. The molecule has 106 valence electrons. The molecule has 0 atom stereocenters. The summed E-state index contributed by atoms with van der Waals surface area (Å²) in [4.78, 5) is 24.2. The molecule has 0 fully saturated rings. The molecule has 0 saturated heterocycles. The molecule has 0 aliphatic rings. The fourth-order valence-corrected chi connectivity index (χ4v) is 1.70. The third-order valence-electron chi connectivity index (χ3n) is 2.56. The molecule has 0 saturated carbocycles. The van der Waals surface area contributed by atoms with Gasteiger partial charge in [0.15, 0.2) is 0 Å². The highest BCUT2D eigenvalue weighted by Gasteiger charge is 2.14. The zero-order chi connectivity index (χ0) is 15.0. The van der Waals surface area contributed by atoms with Gasteiger partial charge in [-0.2, -0.15) is 5.26 Å². The van der Waals surface area contributed by atoms with Crippen molar-refractivity contribution in [1.82, 2.24) is 10.2 Å². The van der Waals surface area contributed by atoms with Crippen LogP contribution in [-0.4, -0.2) is 36.3 Å². The van der Waals surface area contributed by atoms with Crippen molar-refractivity contribution in [3.05, 3.63) is 29.8 Å². The van der Waals surface area contributed by atoms with Crippen LogP contribution in [0.5, 0.6) is 0 Å². The highest BCUT2D eigenvalue weighted by molar-refractivity contribution is 5.80. The summed E-state index contributed by atoms with van der Waals surface area (Å²) in [6.45, 7) is 0.166. The lowest BCUT2D eigenvalue weighted by Crippen LogP contribution is -2.41. The molecule has 0 radical (unpaired) electrons. The predicted molar refractivity (Wildman–Crippen MR) is 73.9 cm³/mol. The van der Waals surface area contributed by atoms with Crippen LogP contribution >= 0.6 is 0 Å². The number of hydrogen-bond donors (Lipinski definition) is 3. The Kier molecular flexibility index (Phi) is 6.00. The lowest BCUT2D eigenvalue weighted by Gasteiger charge is -2.20. The van der Waals surface area contributed by atoms with Crippen molar-refractivity contribution >= 4 is 17.5 Å². The Hall–Kier alpha value is -2.59. The van der Waals surface area contributed by atoms with E-state index in [1.54, 1.807) is 17.0 Å². The van der Waals surface area contributed by atoms with Gasteiger partial charge in [0.05, 0.1) is 19.2 Å². The van der Waals surface area contributed by atoms with Crippen LogP contribution in [0.1, 0.15) is 5.56 Å². The van der Waals surface area contributed by atoms with Crippen molar-refractivity contribution in [2.75, 3.05) is 25.4 Å². The van der Waals surface area contributed by atoms with E-state index in [0.29, 0.717) is 12.2 Å². The van der Waals surface area contributed by atoms with E-state index in [1.165, 1.54) is 0 Å². The van der Waals surface area contributed by atoms with Crippen LogP contribution in [0.25, 0.3) is 0 Å². The van der Waals surface area contributed by atoms with E-state index in [-0.39, 0.29) is 25.5 Å². The molecule has 2 amide bonds. The van der Waals surface area contributed by atoms with Gasteiger partial charge in [0.2, 0.25) is 11.8 Å². The minimum atomic E-state index is -0.535. The number of carbonyl (C=O) groups is 2. The summed E-state index contributed by atoms with van der Waals surface area (Å²) in [6.07, 6.45) is 0. The molecule has 7 heteroatoms. The van der Waals surface area contributed by atoms with Crippen molar-refractivity contribution in [2.45, 2.75) is 6.54 Å². The Morgan fingerprint density at radius 3 is 2.60 bits per heavy atom. The average molecular weight is 275 g/mol. The van der Waals surface area contributed by atoms with Gasteiger partial charge in [0, 0.05) is 12.2 Å². The molecule has 5 N–H and O–H groups in total. The second-order valence-electron chi connectivity index (χ2n) is 4.25. The Labute approximate surface area is 117 Å². The molecular weight excluding hydrogens is 258 g/mol. The maximum atomic E-state index is 11.6. The smallest absolute Gasteiger partial charge is 0.235 e. The Balaban J connectivity index is 2.70. The zero-order valence-corrected chi connectivity index (χ0v) is 11.0. The van der Waals surface area contributed by atoms with Crippen LogP contribution in [0.15, 0.2) is 24.3 Å². The van der Waals surface area contributed by atoms with Crippen LogP contribution in [0, 0.1) is 11.3 Å². The first-order chi connectivity index (χ1) is 9.52. The number of nitrogens with one attached hydrogen (secondary N) is 1. The van der Waals surface area contributed by atoms with E-state index in [9.17, 15) is 9.59 Å². The number of benzene rings is 1. The van der Waals surface area contributed by atoms with Gasteiger partial charge in [-0.05, 0) is 11.6 Å². The molecule has 7 nitrogen and oxygen atoms in total. The van der Waals surface area contributed by atoms with E-state index in [1.807, 2.05) is 18.2 Å². The van der Waals surface area contributed by atoms with Gasteiger partial charge >= 0.3 is 0 Å². The monoisotopic (exact) mass is 275 g/mol. The molecule has 1 aromatic rings. The molecule has 0 aliphatic carbocycles. The van der Waals surface area contributed by atoms with Crippen molar-refractivity contribution in [1.29, 1.82) is 5.26 Å². The summed E-state index contributed by atoms with van der Waals surface area (Å²) in [5, 5.41) is 10.8. The standard InChI is InChI=1S/C13H17N5O2/c14-5-6-17-13(20)9-18(8-12(16)19)7-10-3-1-2-4-11(10)15/h1-4H,6-9,15H2,(H2,16,19)(H,17,20). The number of nitrogens with two attached hydrogens (primary N) is 2. The number of anilines is 1. The van der Waals surface area contributed by atoms with Crippen LogP contribution in [0.2, 0.25) is 0 Å². The number of nitriles is 1. The number of rotatable bonds is 7. The van der Waals surface area contributed by atoms with E-state index in [2.05, 4.69) is 5.32 Å². The lowest BCUT2D eigenvalue weighted by atomic mass is 10.1. The molecule has 0 aromatic heterocycles.